The molecular formula is C25H39ClN2O. The van der Waals surface area contributed by atoms with Crippen LogP contribution in [0.3, 0.4) is 0 Å². The summed E-state index contributed by atoms with van der Waals surface area (Å²) in [5, 5.41) is 4.14. The molecule has 1 N–H and O–H groups in total. The first-order valence-electron chi connectivity index (χ1n) is 11.9. The van der Waals surface area contributed by atoms with Crippen molar-refractivity contribution in [1.29, 1.82) is 0 Å². The van der Waals surface area contributed by atoms with Crippen molar-refractivity contribution >= 4 is 17.5 Å². The third kappa shape index (κ3) is 7.61. The summed E-state index contributed by atoms with van der Waals surface area (Å²) >= 11 is 5.95. The molecule has 2 fully saturated rings. The highest BCUT2D eigenvalue weighted by Gasteiger charge is 2.29. The number of hydrogen-bond donors (Lipinski definition) is 1. The van der Waals surface area contributed by atoms with Crippen LogP contribution in [0.1, 0.15) is 76.7 Å². The van der Waals surface area contributed by atoms with E-state index in [9.17, 15) is 4.79 Å². The zero-order valence-electron chi connectivity index (χ0n) is 18.2. The molecule has 1 unspecified atom stereocenters. The lowest BCUT2D eigenvalue weighted by atomic mass is 9.83. The lowest BCUT2D eigenvalue weighted by molar-refractivity contribution is -0.122. The Kier molecular flexibility index (Phi) is 9.33. The Morgan fingerprint density at radius 1 is 1.14 bits per heavy atom. The van der Waals surface area contributed by atoms with Crippen molar-refractivity contribution in [1.82, 2.24) is 10.2 Å². The van der Waals surface area contributed by atoms with Crippen LogP contribution >= 0.6 is 11.6 Å². The average molecular weight is 419 g/mol. The first kappa shape index (κ1) is 22.6. The predicted octanol–water partition coefficient (Wildman–Crippen LogP) is 5.85. The van der Waals surface area contributed by atoms with E-state index in [2.05, 4.69) is 17.1 Å². The van der Waals surface area contributed by atoms with Gasteiger partial charge in [-0.2, -0.15) is 0 Å². The van der Waals surface area contributed by atoms with E-state index in [1.807, 2.05) is 24.3 Å². The molecule has 2 aliphatic rings. The van der Waals surface area contributed by atoms with Crippen molar-refractivity contribution in [2.24, 2.45) is 11.8 Å². The van der Waals surface area contributed by atoms with Crippen LogP contribution in [0.4, 0.5) is 0 Å². The molecule has 0 bridgehead atoms. The number of hydrogen-bond acceptors (Lipinski definition) is 2. The Morgan fingerprint density at radius 2 is 1.93 bits per heavy atom. The van der Waals surface area contributed by atoms with E-state index in [1.165, 1.54) is 76.6 Å². The number of halogens is 1. The number of piperidine rings is 1. The highest BCUT2D eigenvalue weighted by molar-refractivity contribution is 6.30. The second-order valence-corrected chi connectivity index (χ2v) is 9.69. The van der Waals surface area contributed by atoms with E-state index in [1.54, 1.807) is 0 Å². The van der Waals surface area contributed by atoms with Crippen LogP contribution in [-0.2, 0) is 11.2 Å². The van der Waals surface area contributed by atoms with Crippen LogP contribution in [0.5, 0.6) is 0 Å². The molecule has 0 spiro atoms. The minimum absolute atomic E-state index is 0.205. The lowest BCUT2D eigenvalue weighted by Gasteiger charge is -2.39. The monoisotopic (exact) mass is 418 g/mol. The van der Waals surface area contributed by atoms with Gasteiger partial charge < -0.3 is 10.2 Å². The van der Waals surface area contributed by atoms with Gasteiger partial charge in [-0.15, -0.1) is 0 Å². The summed E-state index contributed by atoms with van der Waals surface area (Å²) < 4.78 is 0. The summed E-state index contributed by atoms with van der Waals surface area (Å²) in [7, 11) is 0. The molecular weight excluding hydrogens is 380 g/mol. The summed E-state index contributed by atoms with van der Waals surface area (Å²) in [4.78, 5) is 15.3. The van der Waals surface area contributed by atoms with Gasteiger partial charge in [0.15, 0.2) is 0 Å². The second-order valence-electron chi connectivity index (χ2n) is 9.26. The third-order valence-electron chi connectivity index (χ3n) is 6.87. The van der Waals surface area contributed by atoms with Gasteiger partial charge in [-0.1, -0.05) is 56.3 Å². The number of carbonyl (C=O) groups excluding carboxylic acids is 1. The van der Waals surface area contributed by atoms with E-state index in [4.69, 9.17) is 11.6 Å². The third-order valence-corrected chi connectivity index (χ3v) is 7.12. The van der Waals surface area contributed by atoms with Gasteiger partial charge in [0, 0.05) is 30.6 Å². The van der Waals surface area contributed by atoms with Crippen molar-refractivity contribution in [3.8, 4) is 0 Å². The van der Waals surface area contributed by atoms with Crippen LogP contribution in [0, 0.1) is 11.8 Å². The number of carbonyl (C=O) groups is 1. The Bertz CT molecular complexity index is 618. The zero-order valence-corrected chi connectivity index (χ0v) is 18.9. The smallest absolute Gasteiger partial charge is 0.220 e. The number of nitrogens with zero attached hydrogens (tertiary/aromatic N) is 1. The van der Waals surface area contributed by atoms with E-state index in [0.29, 0.717) is 18.4 Å². The molecule has 162 valence electrons. The van der Waals surface area contributed by atoms with Crippen LogP contribution in [-0.4, -0.2) is 36.5 Å². The maximum Gasteiger partial charge on any atom is 0.220 e. The number of unbranched alkanes of at least 4 members (excludes halogenated alkanes) is 1. The quantitative estimate of drug-likeness (QED) is 0.545. The van der Waals surface area contributed by atoms with Crippen molar-refractivity contribution < 1.29 is 4.79 Å². The normalized spacial score (nSPS) is 25.7. The Hall–Kier alpha value is -1.06. The molecule has 1 aliphatic heterocycles. The fourth-order valence-electron chi connectivity index (χ4n) is 5.18. The van der Waals surface area contributed by atoms with E-state index >= 15 is 0 Å². The minimum Gasteiger partial charge on any atom is -0.353 e. The number of nitrogens with one attached hydrogen (secondary N) is 1. The summed E-state index contributed by atoms with van der Waals surface area (Å²) in [5.41, 5.74) is 1.18. The Morgan fingerprint density at radius 3 is 2.72 bits per heavy atom. The van der Waals surface area contributed by atoms with E-state index < -0.39 is 0 Å². The van der Waals surface area contributed by atoms with Crippen LogP contribution in [0.2, 0.25) is 5.02 Å². The molecule has 1 aromatic carbocycles. The van der Waals surface area contributed by atoms with Gasteiger partial charge in [-0.3, -0.25) is 4.79 Å². The fourth-order valence-corrected chi connectivity index (χ4v) is 5.31. The van der Waals surface area contributed by atoms with Gasteiger partial charge in [0.05, 0.1) is 0 Å². The standard InChI is InChI=1S/C25H39ClN2O/c1-2-3-7-21-8-6-17-28(18-21)19-22-9-4-5-10-24(22)27-25(29)16-13-20-11-14-23(26)15-12-20/h11-12,14-15,21-22,24H,2-10,13,16-19H2,1H3,(H,27,29)/t21?,22-,24+/m0/s1. The number of benzene rings is 1. The summed E-state index contributed by atoms with van der Waals surface area (Å²) in [6.07, 6.45) is 13.1. The number of rotatable bonds is 9. The first-order valence-corrected chi connectivity index (χ1v) is 12.3. The van der Waals surface area contributed by atoms with Gasteiger partial charge >= 0.3 is 0 Å². The van der Waals surface area contributed by atoms with Gasteiger partial charge in [0.1, 0.15) is 0 Å². The van der Waals surface area contributed by atoms with Crippen LogP contribution in [0.25, 0.3) is 0 Å². The van der Waals surface area contributed by atoms with E-state index in [0.717, 1.165) is 23.8 Å². The molecule has 1 aliphatic carbocycles. The zero-order chi connectivity index (χ0) is 20.5. The SMILES string of the molecule is CCCCC1CCCN(C[C@@H]2CCCC[C@H]2NC(=O)CCc2ccc(Cl)cc2)C1. The molecule has 1 heterocycles. The molecule has 1 aromatic rings. The molecule has 3 atom stereocenters. The molecule has 1 saturated carbocycles. The summed E-state index contributed by atoms with van der Waals surface area (Å²) in [6, 6.07) is 8.20. The first-order chi connectivity index (χ1) is 14.1. The summed E-state index contributed by atoms with van der Waals surface area (Å²) in [6.45, 7) is 5.98. The molecule has 29 heavy (non-hydrogen) atoms. The Labute approximate surface area is 182 Å². The molecule has 3 nitrogen and oxygen atoms in total. The minimum atomic E-state index is 0.205. The fraction of sp³-hybridized carbons (Fsp3) is 0.720. The van der Waals surface area contributed by atoms with Crippen molar-refractivity contribution in [2.75, 3.05) is 19.6 Å². The number of aryl methyl sites for hydroxylation is 1. The van der Waals surface area contributed by atoms with Crippen LogP contribution < -0.4 is 5.32 Å². The van der Waals surface area contributed by atoms with E-state index in [-0.39, 0.29) is 5.91 Å². The van der Waals surface area contributed by atoms with Crippen molar-refractivity contribution in [3.63, 3.8) is 0 Å². The lowest BCUT2D eigenvalue weighted by Crippen LogP contribution is -2.48. The molecule has 4 heteroatoms. The number of amides is 1. The average Bonchev–Trinajstić information content (AvgIpc) is 2.73. The van der Waals surface area contributed by atoms with Gasteiger partial charge in [-0.05, 0) is 74.6 Å². The number of likely N-dealkylation sites (tertiary alicyclic amines) is 1. The maximum atomic E-state index is 12.6. The molecule has 1 amide bonds. The Balaban J connectivity index is 1.46. The van der Waals surface area contributed by atoms with Crippen molar-refractivity contribution in [3.05, 3.63) is 34.9 Å². The molecule has 1 saturated heterocycles. The van der Waals surface area contributed by atoms with Crippen LogP contribution in [0.15, 0.2) is 24.3 Å². The highest BCUT2D eigenvalue weighted by atomic mass is 35.5. The van der Waals surface area contributed by atoms with Gasteiger partial charge in [0.2, 0.25) is 5.91 Å². The van der Waals surface area contributed by atoms with Gasteiger partial charge in [-0.25, -0.2) is 0 Å². The highest BCUT2D eigenvalue weighted by Crippen LogP contribution is 2.28. The van der Waals surface area contributed by atoms with Crippen molar-refractivity contribution in [2.45, 2.75) is 83.6 Å². The van der Waals surface area contributed by atoms with Gasteiger partial charge in [0.25, 0.3) is 0 Å². The largest absolute Gasteiger partial charge is 0.353 e. The molecule has 0 radical (unpaired) electrons. The molecule has 3 rings (SSSR count). The maximum absolute atomic E-state index is 12.6. The second kappa shape index (κ2) is 12.0. The topological polar surface area (TPSA) is 32.3 Å². The molecule has 0 aromatic heterocycles. The summed E-state index contributed by atoms with van der Waals surface area (Å²) in [5.74, 6) is 1.71. The predicted molar refractivity (Wildman–Crippen MR) is 122 cm³/mol.